The first-order valence-electron chi connectivity index (χ1n) is 8.54. The highest BCUT2D eigenvalue weighted by Gasteiger charge is 2.52. The third kappa shape index (κ3) is 4.23. The smallest absolute Gasteiger partial charge is 0.336 e. The zero-order valence-electron chi connectivity index (χ0n) is 15.4. The van der Waals surface area contributed by atoms with E-state index >= 15 is 0 Å². The lowest BCUT2D eigenvalue weighted by atomic mass is 9.79. The van der Waals surface area contributed by atoms with Crippen LogP contribution in [0.2, 0.25) is 0 Å². The summed E-state index contributed by atoms with van der Waals surface area (Å²) >= 11 is 0. The standard InChI is InChI=1S/C18H24O8/c1-9(2)14(19)23-11(4)24-15(20)10(3)16(21)26-18(5)7-6-12-8-13(18)25-17(12)22/h10-13H,1,6-8H2,2-5H3. The van der Waals surface area contributed by atoms with E-state index in [9.17, 15) is 19.2 Å². The number of ether oxygens (including phenoxy) is 4. The molecule has 2 aliphatic rings. The Morgan fingerprint density at radius 1 is 1.23 bits per heavy atom. The van der Waals surface area contributed by atoms with Crippen molar-refractivity contribution in [1.29, 1.82) is 0 Å². The normalized spacial score (nSPS) is 29.2. The van der Waals surface area contributed by atoms with Crippen LogP contribution in [0.25, 0.3) is 0 Å². The fourth-order valence-corrected chi connectivity index (χ4v) is 2.94. The fraction of sp³-hybridized carbons (Fsp3) is 0.667. The van der Waals surface area contributed by atoms with Crippen molar-refractivity contribution >= 4 is 23.9 Å². The lowest BCUT2D eigenvalue weighted by Gasteiger charge is -2.36. The highest BCUT2D eigenvalue weighted by Crippen LogP contribution is 2.42. The molecule has 2 fully saturated rings. The van der Waals surface area contributed by atoms with Crippen LogP contribution in [0.15, 0.2) is 12.2 Å². The quantitative estimate of drug-likeness (QED) is 0.229. The lowest BCUT2D eigenvalue weighted by molar-refractivity contribution is -0.194. The highest BCUT2D eigenvalue weighted by molar-refractivity contribution is 5.94. The number of carbonyl (C=O) groups excluding carboxylic acids is 4. The van der Waals surface area contributed by atoms with Gasteiger partial charge in [0, 0.05) is 18.9 Å². The van der Waals surface area contributed by atoms with E-state index in [1.165, 1.54) is 20.8 Å². The van der Waals surface area contributed by atoms with Crippen LogP contribution in [-0.4, -0.2) is 41.9 Å². The first-order chi connectivity index (χ1) is 12.0. The van der Waals surface area contributed by atoms with Crippen LogP contribution in [0.3, 0.4) is 0 Å². The Bertz CT molecular complexity index is 639. The van der Waals surface area contributed by atoms with Crippen molar-refractivity contribution in [2.24, 2.45) is 11.8 Å². The van der Waals surface area contributed by atoms with Gasteiger partial charge in [-0.3, -0.25) is 14.4 Å². The van der Waals surface area contributed by atoms with Crippen molar-refractivity contribution in [3.05, 3.63) is 12.2 Å². The molecule has 1 heterocycles. The Kier molecular flexibility index (Phi) is 5.73. The van der Waals surface area contributed by atoms with Crippen LogP contribution < -0.4 is 0 Å². The number of carbonyl (C=O) groups is 4. The monoisotopic (exact) mass is 368 g/mol. The lowest BCUT2D eigenvalue weighted by Crippen LogP contribution is -2.47. The third-order valence-corrected chi connectivity index (χ3v) is 4.71. The Morgan fingerprint density at radius 2 is 1.88 bits per heavy atom. The summed E-state index contributed by atoms with van der Waals surface area (Å²) in [6, 6.07) is 0. The molecule has 0 spiro atoms. The molecule has 1 aliphatic carbocycles. The van der Waals surface area contributed by atoms with Crippen LogP contribution in [0.5, 0.6) is 0 Å². The maximum absolute atomic E-state index is 12.3. The van der Waals surface area contributed by atoms with Crippen molar-refractivity contribution in [1.82, 2.24) is 0 Å². The Morgan fingerprint density at radius 3 is 2.50 bits per heavy atom. The molecule has 0 amide bonds. The molecule has 26 heavy (non-hydrogen) atoms. The summed E-state index contributed by atoms with van der Waals surface area (Å²) < 4.78 is 20.6. The van der Waals surface area contributed by atoms with E-state index in [2.05, 4.69) is 6.58 Å². The Balaban J connectivity index is 1.90. The SMILES string of the molecule is C=C(C)C(=O)OC(C)OC(=O)C(C)C(=O)OC1(C)CCC2CC1OC2=O. The summed E-state index contributed by atoms with van der Waals surface area (Å²) in [6.07, 6.45) is -0.102. The number of hydrogen-bond donors (Lipinski definition) is 0. The number of rotatable bonds is 6. The van der Waals surface area contributed by atoms with Crippen molar-refractivity contribution < 1.29 is 38.1 Å². The van der Waals surface area contributed by atoms with Gasteiger partial charge in [0.25, 0.3) is 0 Å². The van der Waals surface area contributed by atoms with Crippen LogP contribution in [0.1, 0.15) is 47.0 Å². The molecular weight excluding hydrogens is 344 g/mol. The molecular formula is C18H24O8. The summed E-state index contributed by atoms with van der Waals surface area (Å²) in [4.78, 5) is 47.5. The van der Waals surface area contributed by atoms with Gasteiger partial charge < -0.3 is 18.9 Å². The van der Waals surface area contributed by atoms with Crippen molar-refractivity contribution in [2.45, 2.75) is 65.0 Å². The van der Waals surface area contributed by atoms with E-state index in [4.69, 9.17) is 18.9 Å². The van der Waals surface area contributed by atoms with Crippen LogP contribution in [-0.2, 0) is 38.1 Å². The number of hydrogen-bond acceptors (Lipinski definition) is 8. The fourth-order valence-electron chi connectivity index (χ4n) is 2.94. The summed E-state index contributed by atoms with van der Waals surface area (Å²) in [5.74, 6) is -3.98. The second kappa shape index (κ2) is 7.47. The van der Waals surface area contributed by atoms with E-state index in [-0.39, 0.29) is 17.5 Å². The van der Waals surface area contributed by atoms with Gasteiger partial charge in [-0.05, 0) is 33.6 Å². The van der Waals surface area contributed by atoms with E-state index in [0.29, 0.717) is 19.3 Å². The average molecular weight is 368 g/mol. The van der Waals surface area contributed by atoms with Crippen LogP contribution in [0, 0.1) is 11.8 Å². The minimum absolute atomic E-state index is 0.141. The molecule has 0 N–H and O–H groups in total. The van der Waals surface area contributed by atoms with Gasteiger partial charge in [-0.15, -0.1) is 0 Å². The maximum Gasteiger partial charge on any atom is 0.336 e. The predicted octanol–water partition coefficient (Wildman–Crippen LogP) is 1.66. The zero-order chi connectivity index (χ0) is 19.6. The zero-order valence-corrected chi connectivity index (χ0v) is 15.4. The van der Waals surface area contributed by atoms with Gasteiger partial charge >= 0.3 is 23.9 Å². The topological polar surface area (TPSA) is 105 Å². The van der Waals surface area contributed by atoms with Gasteiger partial charge in [-0.2, -0.15) is 0 Å². The van der Waals surface area contributed by atoms with Crippen molar-refractivity contribution in [3.63, 3.8) is 0 Å². The molecule has 2 rings (SSSR count). The van der Waals surface area contributed by atoms with Gasteiger partial charge in [0.2, 0.25) is 6.29 Å². The van der Waals surface area contributed by atoms with Gasteiger partial charge in [0.1, 0.15) is 11.7 Å². The highest BCUT2D eigenvalue weighted by atomic mass is 16.7. The van der Waals surface area contributed by atoms with E-state index in [1.54, 1.807) is 6.92 Å². The Hall–Kier alpha value is -2.38. The summed E-state index contributed by atoms with van der Waals surface area (Å²) in [5, 5.41) is 0. The van der Waals surface area contributed by atoms with E-state index in [0.717, 1.165) is 0 Å². The van der Waals surface area contributed by atoms with Crippen molar-refractivity contribution in [3.8, 4) is 0 Å². The molecule has 0 aromatic rings. The molecule has 0 aromatic carbocycles. The molecule has 0 aromatic heterocycles. The first-order valence-corrected chi connectivity index (χ1v) is 8.54. The molecule has 2 bridgehead atoms. The molecule has 8 nitrogen and oxygen atoms in total. The summed E-state index contributed by atoms with van der Waals surface area (Å²) in [6.45, 7) is 9.28. The van der Waals surface area contributed by atoms with E-state index < -0.39 is 41.8 Å². The van der Waals surface area contributed by atoms with Crippen LogP contribution in [0.4, 0.5) is 0 Å². The average Bonchev–Trinajstić information content (AvgIpc) is 2.88. The molecule has 5 unspecified atom stereocenters. The molecule has 5 atom stereocenters. The second-order valence-corrected chi connectivity index (χ2v) is 7.04. The van der Waals surface area contributed by atoms with Gasteiger partial charge in [-0.1, -0.05) is 6.58 Å². The molecule has 144 valence electrons. The van der Waals surface area contributed by atoms with E-state index in [1.807, 2.05) is 0 Å². The molecule has 1 saturated carbocycles. The molecule has 1 saturated heterocycles. The molecule has 0 radical (unpaired) electrons. The minimum Gasteiger partial charge on any atom is -0.458 e. The Labute approximate surface area is 151 Å². The predicted molar refractivity (Wildman–Crippen MR) is 87.3 cm³/mol. The second-order valence-electron chi connectivity index (χ2n) is 7.04. The van der Waals surface area contributed by atoms with Crippen LogP contribution >= 0.6 is 0 Å². The largest absolute Gasteiger partial charge is 0.458 e. The molecule has 1 aliphatic heterocycles. The summed E-state index contributed by atoms with van der Waals surface area (Å²) in [7, 11) is 0. The summed E-state index contributed by atoms with van der Waals surface area (Å²) in [5.41, 5.74) is -0.804. The van der Waals surface area contributed by atoms with Gasteiger partial charge in [-0.25, -0.2) is 4.79 Å². The third-order valence-electron chi connectivity index (χ3n) is 4.71. The number of esters is 4. The molecule has 8 heteroatoms. The number of fused-ring (bicyclic) bond motifs is 2. The minimum atomic E-state index is -1.22. The van der Waals surface area contributed by atoms with Gasteiger partial charge in [0.05, 0.1) is 5.92 Å². The van der Waals surface area contributed by atoms with Crippen molar-refractivity contribution in [2.75, 3.05) is 0 Å². The first kappa shape index (κ1) is 19.9. The van der Waals surface area contributed by atoms with Gasteiger partial charge in [0.15, 0.2) is 5.92 Å². The maximum atomic E-state index is 12.3.